The molecule has 0 aliphatic heterocycles. The van der Waals surface area contributed by atoms with E-state index in [9.17, 15) is 57.5 Å². The molecule has 9 aromatic carbocycles. The molecule has 35 nitrogen and oxygen atoms in total. The third-order valence-corrected chi connectivity index (χ3v) is 17.8. The average molecular weight is 1540 g/mol. The van der Waals surface area contributed by atoms with E-state index >= 15 is 0 Å². The number of aromatic nitrogens is 3. The highest BCUT2D eigenvalue weighted by atomic mass is 32.2. The first-order chi connectivity index (χ1) is 48.5. The predicted octanol–water partition coefficient (Wildman–Crippen LogP) is 12.3. The molecule has 103 heavy (non-hydrogen) atoms. The van der Waals surface area contributed by atoms with Crippen LogP contribution in [0.15, 0.2) is 183 Å². The summed E-state index contributed by atoms with van der Waals surface area (Å²) in [6.07, 6.45) is 2.20. The van der Waals surface area contributed by atoms with Gasteiger partial charge in [-0.1, -0.05) is 31.5 Å². The topological polar surface area (TPSA) is 527 Å². The van der Waals surface area contributed by atoms with Crippen molar-refractivity contribution in [2.24, 2.45) is 40.9 Å². The number of benzene rings is 9. The molecule has 0 saturated heterocycles. The molecule has 10 rings (SSSR count). The lowest BCUT2D eigenvalue weighted by molar-refractivity contribution is 0.281. The Labute approximate surface area is 590 Å². The van der Waals surface area contributed by atoms with Gasteiger partial charge >= 0.3 is 21.2 Å². The van der Waals surface area contributed by atoms with Crippen molar-refractivity contribution in [3.63, 3.8) is 0 Å². The molecule has 10 aromatic rings. The molecule has 0 spiro atoms. The first kappa shape index (κ1) is 79.7. The van der Waals surface area contributed by atoms with Crippen molar-refractivity contribution in [3.8, 4) is 34.4 Å². The van der Waals surface area contributed by atoms with E-state index in [2.05, 4.69) is 51.1 Å². The van der Waals surface area contributed by atoms with E-state index in [1.54, 1.807) is 98.0 Å². The number of phenols is 1. The number of aliphatic hydroxyl groups is 1. The number of azo groups is 4. The van der Waals surface area contributed by atoms with E-state index in [4.69, 9.17) is 48.8 Å². The summed E-state index contributed by atoms with van der Waals surface area (Å²) in [5.74, 6) is 0.972. The number of phenolic OH excluding ortho intramolecular Hbond substituents is 1. The standard InChI is InChI=1S/C33H38N6O9S2.C29H23N5O9S2.2O3S/c1-5-6-13-47-26-17-23-9-10-24(18-27(23)33(20-26)50(43,44)45)35-36-25-11-12-28(32(19-25)48-14-7-8-15-49(40,41)42)38-39-29-21-31(46-4)30(37-34-3)16-22(29)2;1-15-9-26(43-2)25(11-17(15)14-35)31-30-24-7-3-16-10-18(4-5-20(16)29(24)36)34-32-23-8-6-21-22(28(23)33-34)12-19(44(37,38)39)13-27(21)45(40,41)42;2*1-4(2)3/h9-12,16-21H,5-8,13-15H2,1-4H3,(H,40,41,42)(H,43,44,45);3-13,35-36H,14H2,1-2H3,(H,37,38,39)(H,40,41,42);;. The van der Waals surface area contributed by atoms with Crippen LogP contribution in [0.1, 0.15) is 49.3 Å². The second kappa shape index (κ2) is 34.8. The molecule has 0 bridgehead atoms. The lowest BCUT2D eigenvalue weighted by atomic mass is 10.1. The van der Waals surface area contributed by atoms with Crippen LogP contribution in [0.5, 0.6) is 28.7 Å². The number of aryl methyl sites for hydroxylation is 2. The smallest absolute Gasteiger partial charge is 0.425 e. The highest BCUT2D eigenvalue weighted by Crippen LogP contribution is 2.42. The predicted molar refractivity (Wildman–Crippen MR) is 371 cm³/mol. The normalized spacial score (nSPS) is 12.0. The number of aliphatic hydroxyl groups excluding tert-OH is 1. The minimum absolute atomic E-state index is 0.0197. The maximum Gasteiger partial charge on any atom is 0.425 e. The van der Waals surface area contributed by atoms with Crippen molar-refractivity contribution in [1.29, 1.82) is 0 Å². The van der Waals surface area contributed by atoms with Gasteiger partial charge in [-0.05, 0) is 152 Å². The van der Waals surface area contributed by atoms with E-state index in [0.717, 1.165) is 30.0 Å². The molecule has 0 aliphatic rings. The first-order valence-electron chi connectivity index (χ1n) is 29.6. The van der Waals surface area contributed by atoms with Gasteiger partial charge in [-0.2, -0.15) is 64.0 Å². The summed E-state index contributed by atoms with van der Waals surface area (Å²) in [5, 5.41) is 64.8. The van der Waals surface area contributed by atoms with Crippen LogP contribution in [0, 0.1) is 13.8 Å². The van der Waals surface area contributed by atoms with Crippen molar-refractivity contribution >= 4 is 145 Å². The number of aromatic hydroxyl groups is 1. The van der Waals surface area contributed by atoms with Crippen LogP contribution in [-0.2, 0) is 68.3 Å². The largest absolute Gasteiger partial charge is 0.505 e. The van der Waals surface area contributed by atoms with Crippen molar-refractivity contribution < 1.29 is 106 Å². The van der Waals surface area contributed by atoms with E-state index in [0.29, 0.717) is 97.9 Å². The summed E-state index contributed by atoms with van der Waals surface area (Å²) in [7, 11) is -20.1. The zero-order valence-electron chi connectivity index (χ0n) is 54.7. The minimum atomic E-state index is -4.87. The Morgan fingerprint density at radius 3 is 1.70 bits per heavy atom. The quantitative estimate of drug-likeness (QED) is 0.0186. The Morgan fingerprint density at radius 2 is 1.07 bits per heavy atom. The van der Waals surface area contributed by atoms with Crippen LogP contribution < -0.4 is 18.9 Å². The molecule has 0 fully saturated rings. The van der Waals surface area contributed by atoms with E-state index < -0.39 is 77.2 Å². The fourth-order valence-electron chi connectivity index (χ4n) is 9.61. The van der Waals surface area contributed by atoms with Gasteiger partial charge in [0.2, 0.25) is 0 Å². The average Bonchev–Trinajstić information content (AvgIpc) is 1.38. The SMILES string of the molecule is CCCCOc1cc(S(=O)(=O)O)c2cc(N=Nc3ccc(N=Nc4cc(OC)c(N=NC)cc4C)c(OCCCCS(=O)(=O)O)c3)ccc2c1.COc1cc(C)c(CO)cc1N=Nc1ccc2cc(-n3nc4ccc5c(S(=O)(=O)O)cc(S(=O)(=O)O)cc5c4n3)ccc2c1O.O=S(=O)=O.O=S(=O)=O. The highest BCUT2D eigenvalue weighted by molar-refractivity contribution is 7.87. The van der Waals surface area contributed by atoms with Crippen LogP contribution in [-0.4, -0.2) is 143 Å². The van der Waals surface area contributed by atoms with Crippen molar-refractivity contribution in [3.05, 3.63) is 144 Å². The molecule has 544 valence electrons. The number of ether oxygens (including phenoxy) is 4. The fourth-order valence-corrected chi connectivity index (χ4v) is 12.2. The summed E-state index contributed by atoms with van der Waals surface area (Å²) in [4.78, 5) is -0.527. The monoisotopic (exact) mass is 1540 g/mol. The van der Waals surface area contributed by atoms with Crippen LogP contribution in [0.4, 0.5) is 39.8 Å². The van der Waals surface area contributed by atoms with Gasteiger partial charge in [-0.25, -0.2) is 0 Å². The lowest BCUT2D eigenvalue weighted by Gasteiger charge is -2.11. The minimum Gasteiger partial charge on any atom is -0.505 e. The molecule has 6 N–H and O–H groups in total. The summed E-state index contributed by atoms with van der Waals surface area (Å²) in [5.41, 5.74) is 5.70. The number of fused-ring (bicyclic) bond motifs is 5. The Kier molecular flexibility index (Phi) is 27.0. The molecular formula is C62H61N11O24S6. The Hall–Kier alpha value is -10.6. The van der Waals surface area contributed by atoms with E-state index in [1.807, 2.05) is 20.8 Å². The maximum atomic E-state index is 12.3. The molecule has 0 amide bonds. The van der Waals surface area contributed by atoms with Gasteiger partial charge in [-0.15, -0.1) is 50.8 Å². The molecule has 1 aromatic heterocycles. The van der Waals surface area contributed by atoms with Gasteiger partial charge in [0, 0.05) is 46.8 Å². The number of hydrogen-bond acceptors (Lipinski definition) is 30. The Morgan fingerprint density at radius 1 is 0.495 bits per heavy atom. The number of rotatable bonds is 24. The zero-order chi connectivity index (χ0) is 75.7. The maximum absolute atomic E-state index is 12.3. The lowest BCUT2D eigenvalue weighted by Crippen LogP contribution is -2.06. The van der Waals surface area contributed by atoms with E-state index in [1.165, 1.54) is 43.3 Å². The van der Waals surface area contributed by atoms with Crippen molar-refractivity contribution in [2.45, 2.75) is 67.7 Å². The van der Waals surface area contributed by atoms with Crippen LogP contribution >= 0.6 is 0 Å². The van der Waals surface area contributed by atoms with Crippen molar-refractivity contribution in [2.75, 3.05) is 40.2 Å². The van der Waals surface area contributed by atoms with Gasteiger partial charge in [0.1, 0.15) is 66.6 Å². The van der Waals surface area contributed by atoms with Crippen LogP contribution in [0.25, 0.3) is 49.0 Å². The van der Waals surface area contributed by atoms with Crippen LogP contribution in [0.2, 0.25) is 0 Å². The van der Waals surface area contributed by atoms with Crippen LogP contribution in [0.3, 0.4) is 0 Å². The third kappa shape index (κ3) is 22.0. The Balaban J connectivity index is 0.000000262. The Bertz CT molecular complexity index is 5710. The third-order valence-electron chi connectivity index (χ3n) is 14.4. The van der Waals surface area contributed by atoms with Gasteiger partial charge in [0.05, 0.1) is 67.4 Å². The van der Waals surface area contributed by atoms with Gasteiger partial charge in [0.25, 0.3) is 40.5 Å². The summed E-state index contributed by atoms with van der Waals surface area (Å²) in [6, 6.07) is 32.1. The summed E-state index contributed by atoms with van der Waals surface area (Å²) >= 11 is 0. The second-order valence-corrected chi connectivity index (χ2v) is 28.0. The van der Waals surface area contributed by atoms with Gasteiger partial charge < -0.3 is 29.2 Å². The number of methoxy groups -OCH3 is 2. The molecular weight excluding hydrogens is 1480 g/mol. The molecule has 1 heterocycles. The number of hydrogen-bond donors (Lipinski definition) is 6. The highest BCUT2D eigenvalue weighted by Gasteiger charge is 2.24. The first-order valence-corrected chi connectivity index (χ1v) is 37.5. The molecule has 0 aliphatic carbocycles. The summed E-state index contributed by atoms with van der Waals surface area (Å²) < 4.78 is 206. The molecule has 0 radical (unpaired) electrons. The van der Waals surface area contributed by atoms with Crippen molar-refractivity contribution in [1.82, 2.24) is 15.0 Å². The second-order valence-electron chi connectivity index (χ2n) is 21.5. The number of unbranched alkanes of at least 4 members (excludes halogenated alkanes) is 2. The number of nitrogens with zero attached hydrogens (tertiary/aromatic N) is 11. The summed E-state index contributed by atoms with van der Waals surface area (Å²) in [6.45, 7) is 6.01. The zero-order valence-corrected chi connectivity index (χ0v) is 59.6. The van der Waals surface area contributed by atoms with Gasteiger partial charge in [-0.3, -0.25) is 18.2 Å². The molecule has 0 atom stereocenters. The fraction of sp³-hybridized carbons (Fsp3) is 0.226. The molecule has 0 saturated carbocycles. The molecule has 0 unspecified atom stereocenters. The molecule has 41 heteroatoms. The van der Waals surface area contributed by atoms with E-state index in [-0.39, 0.29) is 68.9 Å². The van der Waals surface area contributed by atoms with Gasteiger partial charge in [0.15, 0.2) is 5.75 Å².